The van der Waals surface area contributed by atoms with Crippen molar-refractivity contribution >= 4 is 51.0 Å². The van der Waals surface area contributed by atoms with Crippen LogP contribution in [0.5, 0.6) is 5.75 Å². The molecule has 2 amide bonds. The van der Waals surface area contributed by atoms with Gasteiger partial charge in [0, 0.05) is 17.6 Å². The number of rotatable bonds is 9. The molecule has 31 heavy (non-hydrogen) atoms. The highest BCUT2D eigenvalue weighted by molar-refractivity contribution is 9.10. The predicted molar refractivity (Wildman–Crippen MR) is 124 cm³/mol. The topological polar surface area (TPSA) is 97.0 Å². The summed E-state index contributed by atoms with van der Waals surface area (Å²) < 4.78 is 11.2. The van der Waals surface area contributed by atoms with Crippen LogP contribution in [-0.4, -0.2) is 60.6 Å². The number of benzene rings is 1. The minimum absolute atomic E-state index is 0.0719. The van der Waals surface area contributed by atoms with Gasteiger partial charge < -0.3 is 19.7 Å². The fraction of sp³-hybridized carbons (Fsp3) is 0.524. The lowest BCUT2D eigenvalue weighted by Crippen LogP contribution is -2.60. The van der Waals surface area contributed by atoms with Gasteiger partial charge in [0.2, 0.25) is 5.91 Å². The van der Waals surface area contributed by atoms with Crippen molar-refractivity contribution in [2.75, 3.05) is 26.8 Å². The molecule has 0 spiro atoms. The normalized spacial score (nSPS) is 15.8. The third kappa shape index (κ3) is 7.46. The van der Waals surface area contributed by atoms with Crippen LogP contribution in [-0.2, 0) is 14.3 Å². The Balaban J connectivity index is 2.08. The third-order valence-electron chi connectivity index (χ3n) is 4.84. The fourth-order valence-electron chi connectivity index (χ4n) is 3.15. The highest BCUT2D eigenvalue weighted by atomic mass is 79.9. The Morgan fingerprint density at radius 3 is 2.81 bits per heavy atom. The van der Waals surface area contributed by atoms with Crippen molar-refractivity contribution in [1.82, 2.24) is 15.5 Å². The number of carbonyl (C=O) groups is 3. The number of hydrogen-bond donors (Lipinski definition) is 2. The van der Waals surface area contributed by atoms with Crippen molar-refractivity contribution in [3.63, 3.8) is 0 Å². The molecular weight excluding hydrogens is 486 g/mol. The zero-order chi connectivity index (χ0) is 22.8. The molecule has 8 nitrogen and oxygen atoms in total. The van der Waals surface area contributed by atoms with Crippen LogP contribution in [0.3, 0.4) is 0 Å². The molecule has 2 rings (SSSR count). The smallest absolute Gasteiger partial charge is 0.308 e. The van der Waals surface area contributed by atoms with E-state index in [1.807, 2.05) is 0 Å². The quantitative estimate of drug-likeness (QED) is 0.297. The van der Waals surface area contributed by atoms with Gasteiger partial charge >= 0.3 is 5.97 Å². The average Bonchev–Trinajstić information content (AvgIpc) is 2.75. The van der Waals surface area contributed by atoms with Crippen molar-refractivity contribution in [2.24, 2.45) is 0 Å². The van der Waals surface area contributed by atoms with E-state index >= 15 is 0 Å². The maximum absolute atomic E-state index is 13.0. The van der Waals surface area contributed by atoms with E-state index in [-0.39, 0.29) is 17.4 Å². The van der Waals surface area contributed by atoms with Gasteiger partial charge in [-0.2, -0.15) is 0 Å². The molecule has 2 N–H and O–H groups in total. The lowest BCUT2D eigenvalue weighted by molar-refractivity contribution is -0.144. The van der Waals surface area contributed by atoms with Crippen molar-refractivity contribution in [3.05, 3.63) is 28.2 Å². The summed E-state index contributed by atoms with van der Waals surface area (Å²) in [5.74, 6) is -0.862. The number of nitrogens with zero attached hydrogens (tertiary/aromatic N) is 1. The molecule has 1 aromatic carbocycles. The summed E-state index contributed by atoms with van der Waals surface area (Å²) in [4.78, 5) is 38.4. The molecule has 0 radical (unpaired) electrons. The number of halogens is 1. The molecule has 0 aromatic heterocycles. The predicted octanol–water partition coefficient (Wildman–Crippen LogP) is 2.79. The second-order valence-corrected chi connectivity index (χ2v) is 8.39. The maximum Gasteiger partial charge on any atom is 0.308 e. The minimum Gasteiger partial charge on any atom is -0.493 e. The Bertz CT molecular complexity index is 820. The summed E-state index contributed by atoms with van der Waals surface area (Å²) in [6.07, 6.45) is 4.08. The van der Waals surface area contributed by atoms with Crippen molar-refractivity contribution in [2.45, 2.75) is 45.1 Å². The van der Waals surface area contributed by atoms with Crippen LogP contribution in [0.2, 0.25) is 0 Å². The molecule has 1 heterocycles. The lowest BCUT2D eigenvalue weighted by Gasteiger charge is -2.36. The molecular formula is C21H28BrN3O5S. The van der Waals surface area contributed by atoms with Crippen LogP contribution < -0.4 is 15.4 Å². The van der Waals surface area contributed by atoms with Crippen molar-refractivity contribution in [3.8, 4) is 5.75 Å². The van der Waals surface area contributed by atoms with Gasteiger partial charge in [-0.15, -0.1) is 0 Å². The van der Waals surface area contributed by atoms with E-state index in [1.54, 1.807) is 18.2 Å². The second-order valence-electron chi connectivity index (χ2n) is 7.09. The van der Waals surface area contributed by atoms with Crippen molar-refractivity contribution < 1.29 is 23.9 Å². The molecule has 0 saturated carbocycles. The first kappa shape index (κ1) is 25.1. The first-order valence-electron chi connectivity index (χ1n) is 10.3. The Morgan fingerprint density at radius 2 is 2.10 bits per heavy atom. The number of hydrogen-bond acceptors (Lipinski definition) is 6. The Kier molecular flexibility index (Phi) is 10.2. The summed E-state index contributed by atoms with van der Waals surface area (Å²) >= 11 is 8.77. The van der Waals surface area contributed by atoms with Gasteiger partial charge in [0.1, 0.15) is 11.8 Å². The molecule has 1 aliphatic rings. The number of piperazine rings is 1. The minimum atomic E-state index is -0.842. The lowest BCUT2D eigenvalue weighted by atomic mass is 10.1. The number of amides is 2. The molecule has 10 heteroatoms. The van der Waals surface area contributed by atoms with Gasteiger partial charge in [-0.1, -0.05) is 42.1 Å². The van der Waals surface area contributed by atoms with E-state index in [0.717, 1.165) is 30.2 Å². The van der Waals surface area contributed by atoms with E-state index in [9.17, 15) is 14.4 Å². The number of unbranched alkanes of at least 4 members (excludes halogenated alkanes) is 3. The van der Waals surface area contributed by atoms with E-state index in [0.29, 0.717) is 31.0 Å². The van der Waals surface area contributed by atoms with E-state index in [2.05, 4.69) is 38.2 Å². The molecule has 1 fully saturated rings. The molecule has 1 aliphatic heterocycles. The van der Waals surface area contributed by atoms with Gasteiger partial charge in [0.05, 0.1) is 25.7 Å². The average molecular weight is 514 g/mol. The van der Waals surface area contributed by atoms with Gasteiger partial charge in [0.25, 0.3) is 5.91 Å². The van der Waals surface area contributed by atoms with Crippen LogP contribution in [0.15, 0.2) is 22.7 Å². The van der Waals surface area contributed by atoms with Crippen LogP contribution in [0, 0.1) is 0 Å². The molecule has 1 unspecified atom stereocenters. The highest BCUT2D eigenvalue weighted by Gasteiger charge is 2.34. The SMILES string of the molecule is CCCCCCOc1ccc(Br)cc1C(=O)NC(=S)N1CCNC(=O)C1CC(=O)OC. The summed E-state index contributed by atoms with van der Waals surface area (Å²) in [5.41, 5.74) is 0.332. The zero-order valence-corrected chi connectivity index (χ0v) is 20.1. The van der Waals surface area contributed by atoms with Gasteiger partial charge in [-0.3, -0.25) is 19.7 Å². The number of methoxy groups -OCH3 is 1. The third-order valence-corrected chi connectivity index (χ3v) is 5.67. The zero-order valence-electron chi connectivity index (χ0n) is 17.7. The number of ether oxygens (including phenoxy) is 2. The number of carbonyl (C=O) groups excluding carboxylic acids is 3. The van der Waals surface area contributed by atoms with E-state index < -0.39 is 17.9 Å². The summed E-state index contributed by atoms with van der Waals surface area (Å²) in [5, 5.41) is 5.44. The van der Waals surface area contributed by atoms with E-state index in [1.165, 1.54) is 12.0 Å². The fourth-order valence-corrected chi connectivity index (χ4v) is 3.83. The van der Waals surface area contributed by atoms with Crippen LogP contribution in [0.1, 0.15) is 49.4 Å². The highest BCUT2D eigenvalue weighted by Crippen LogP contribution is 2.24. The van der Waals surface area contributed by atoms with Gasteiger partial charge in [0.15, 0.2) is 5.11 Å². The monoisotopic (exact) mass is 513 g/mol. The molecule has 1 saturated heterocycles. The van der Waals surface area contributed by atoms with Crippen LogP contribution in [0.4, 0.5) is 0 Å². The second kappa shape index (κ2) is 12.6. The number of thiocarbonyl (C=S) groups is 1. The summed E-state index contributed by atoms with van der Waals surface area (Å²) in [6, 6.07) is 4.35. The molecule has 0 aliphatic carbocycles. The van der Waals surface area contributed by atoms with E-state index in [4.69, 9.17) is 17.0 Å². The molecule has 1 atom stereocenters. The largest absolute Gasteiger partial charge is 0.493 e. The Labute approximate surface area is 196 Å². The summed E-state index contributed by atoms with van der Waals surface area (Å²) in [7, 11) is 1.25. The Hall–Kier alpha value is -2.20. The first-order chi connectivity index (χ1) is 14.9. The van der Waals surface area contributed by atoms with Crippen molar-refractivity contribution in [1.29, 1.82) is 0 Å². The van der Waals surface area contributed by atoms with Crippen LogP contribution in [0.25, 0.3) is 0 Å². The standard InChI is InChI=1S/C21H28BrN3O5S/c1-3-4-5-6-11-30-17-8-7-14(22)12-15(17)19(27)24-21(31)25-10-9-23-20(28)16(25)13-18(26)29-2/h7-8,12,16H,3-6,9-11,13H2,1-2H3,(H,23,28)(H,24,27,31). The summed E-state index contributed by atoms with van der Waals surface area (Å²) in [6.45, 7) is 3.38. The number of nitrogens with one attached hydrogen (secondary N) is 2. The molecule has 0 bridgehead atoms. The van der Waals surface area contributed by atoms with Gasteiger partial charge in [-0.05, 0) is 36.8 Å². The van der Waals surface area contributed by atoms with Gasteiger partial charge in [-0.25, -0.2) is 0 Å². The Morgan fingerprint density at radius 1 is 1.32 bits per heavy atom. The molecule has 170 valence electrons. The van der Waals surface area contributed by atoms with Crippen LogP contribution >= 0.6 is 28.1 Å². The first-order valence-corrected chi connectivity index (χ1v) is 11.5. The maximum atomic E-state index is 13.0. The molecule has 1 aromatic rings. The number of esters is 1.